The van der Waals surface area contributed by atoms with Crippen LogP contribution >= 0.6 is 0 Å². The van der Waals surface area contributed by atoms with E-state index < -0.39 is 40.1 Å². The Morgan fingerprint density at radius 2 is 0.489 bits per heavy atom. The maximum atomic E-state index is 13.8. The summed E-state index contributed by atoms with van der Waals surface area (Å²) in [6.45, 7) is 25.6. The molecule has 2 aliphatic rings. The van der Waals surface area contributed by atoms with Gasteiger partial charge in [0.15, 0.2) is 0 Å². The average molecular weight is 1390 g/mol. The van der Waals surface area contributed by atoms with Crippen LogP contribution in [0.25, 0.3) is 90.9 Å². The number of benzene rings is 4. The van der Waals surface area contributed by atoms with Gasteiger partial charge in [-0.1, -0.05) is 128 Å². The van der Waals surface area contributed by atoms with E-state index in [0.717, 1.165) is 69.7 Å². The normalized spacial score (nSPS) is 12.8. The standard InChI is InChI=1S/C68H84N12O8S4.O.V/c1-9-77(10-2)45-41-69-89(81,82)53-25-17-49(18-26-53)65-57-33-35-59(73-57)66(50-19-27-54(28-20-50)90(83,84)70-42-46-78(11-3)12-4)61-37-39-63(75-61)68(52-23-31-56(32-24-52)92(87,88)72-44-48-80(15-7)16-8)64-40-38-62(76-64)67(60-36-34-58(65)74-60)51-21-29-55(30-22-51)91(85,86)71-43-47-79(13-5)14-6;;/h17-40,69-72H,9-16,41-48H2,1-8H3;;/q-2;;+2. The predicted octanol–water partition coefficient (Wildman–Crippen LogP) is 8.94. The Morgan fingerprint density at radius 3 is 0.660 bits per heavy atom. The Kier molecular flexibility index (Phi) is 25.9. The molecule has 0 spiro atoms. The molecule has 26 heteroatoms. The summed E-state index contributed by atoms with van der Waals surface area (Å²) in [7, 11) is -15.6. The molecule has 0 atom stereocenters. The minimum absolute atomic E-state index is 0.0778. The van der Waals surface area contributed by atoms with Crippen LogP contribution in [0.2, 0.25) is 0 Å². The van der Waals surface area contributed by atoms with Gasteiger partial charge in [0, 0.05) is 52.4 Å². The van der Waals surface area contributed by atoms with Gasteiger partial charge in [-0.3, -0.25) is 0 Å². The van der Waals surface area contributed by atoms with Crippen LogP contribution in [0.1, 0.15) is 78.2 Å². The van der Waals surface area contributed by atoms with Crippen LogP contribution in [0.15, 0.2) is 141 Å². The molecule has 2 aliphatic heterocycles. The van der Waals surface area contributed by atoms with E-state index in [0.29, 0.717) is 116 Å². The molecule has 7 aromatic rings. The Balaban J connectivity index is 0.00000561. The van der Waals surface area contributed by atoms with Gasteiger partial charge in [0.1, 0.15) is 0 Å². The van der Waals surface area contributed by atoms with Gasteiger partial charge >= 0.3 is 21.0 Å². The summed E-state index contributed by atoms with van der Waals surface area (Å²) in [6, 6.07) is 33.7. The molecule has 3 aromatic heterocycles. The van der Waals surface area contributed by atoms with Crippen molar-refractivity contribution < 1.29 is 54.7 Å². The number of hydrogen-bond donors (Lipinski definition) is 4. The Bertz CT molecular complexity index is 3880. The fourth-order valence-electron chi connectivity index (χ4n) is 11.3. The van der Waals surface area contributed by atoms with Gasteiger partial charge in [0.05, 0.1) is 42.4 Å². The summed E-state index contributed by atoms with van der Waals surface area (Å²) in [5.41, 5.74) is 8.51. The molecule has 8 bridgehead atoms. The van der Waals surface area contributed by atoms with Gasteiger partial charge in [0.2, 0.25) is 40.1 Å². The van der Waals surface area contributed by atoms with E-state index in [4.69, 9.17) is 23.6 Å². The van der Waals surface area contributed by atoms with Crippen molar-refractivity contribution in [2.45, 2.75) is 75.0 Å². The van der Waals surface area contributed by atoms with Crippen molar-refractivity contribution in [1.29, 1.82) is 0 Å². The van der Waals surface area contributed by atoms with Gasteiger partial charge in [-0.15, -0.1) is 22.1 Å². The summed E-state index contributed by atoms with van der Waals surface area (Å²) < 4.78 is 129. The fourth-order valence-corrected chi connectivity index (χ4v) is 15.4. The van der Waals surface area contributed by atoms with Crippen LogP contribution in [0, 0.1) is 0 Å². The Morgan fingerprint density at radius 1 is 0.309 bits per heavy atom. The molecule has 0 amide bonds. The monoisotopic (exact) mass is 1390 g/mol. The summed E-state index contributed by atoms with van der Waals surface area (Å²) >= 11 is 1.06. The second-order valence-corrected chi connectivity index (χ2v) is 29.2. The molecule has 5 heterocycles. The number of fused-ring (bicyclic) bond motifs is 8. The van der Waals surface area contributed by atoms with Crippen molar-refractivity contribution in [1.82, 2.24) is 58.4 Å². The van der Waals surface area contributed by atoms with E-state index in [1.54, 1.807) is 97.1 Å². The van der Waals surface area contributed by atoms with Crippen molar-refractivity contribution in [3.05, 3.63) is 144 Å². The van der Waals surface area contributed by atoms with Gasteiger partial charge in [-0.05, 0) is 170 Å². The van der Waals surface area contributed by atoms with Crippen LogP contribution in [0.3, 0.4) is 0 Å². The van der Waals surface area contributed by atoms with Crippen LogP contribution in [-0.2, 0) is 61.1 Å². The van der Waals surface area contributed by atoms with Crippen molar-refractivity contribution in [3.63, 3.8) is 0 Å². The molecule has 499 valence electrons. The SMILES string of the molecule is CCN(CC)CCNS(=O)(=O)c1ccc(-c2c3nc(c(-c4ccc(S(=O)(=O)NCCN(CC)CC)cc4)c4ccc([n-]4)c(-c4ccc(S(=O)(=O)NCCN(CC)CC)cc4)c4nc(c(-c5ccc(S(=O)(=O)NCCN(CC)CC)cc5)c5ccc2[n-]5)C=C4)C=C3)cc1.[O]=[V+2]. The van der Waals surface area contributed by atoms with Crippen LogP contribution in [-0.4, -0.2) is 168 Å². The summed E-state index contributed by atoms with van der Waals surface area (Å²) in [5, 5.41) is 0. The fraction of sp³-hybridized carbons (Fsp3) is 0.353. The van der Waals surface area contributed by atoms with E-state index in [1.807, 2.05) is 104 Å². The first kappa shape index (κ1) is 73.2. The third-order valence-corrected chi connectivity index (χ3v) is 22.8. The quantitative estimate of drug-likeness (QED) is 0.0306. The predicted molar refractivity (Wildman–Crippen MR) is 371 cm³/mol. The molecule has 4 aromatic carbocycles. The van der Waals surface area contributed by atoms with Crippen molar-refractivity contribution in [2.24, 2.45) is 0 Å². The molecule has 0 saturated carbocycles. The number of sulfonamides is 4. The molecule has 0 saturated heterocycles. The number of nitrogens with zero attached hydrogens (tertiary/aromatic N) is 8. The molecule has 0 fully saturated rings. The van der Waals surface area contributed by atoms with Crippen LogP contribution in [0.4, 0.5) is 0 Å². The molecule has 21 nitrogen and oxygen atoms in total. The average Bonchev–Trinajstić information content (AvgIpc) is 1.59. The minimum atomic E-state index is -3.91. The third kappa shape index (κ3) is 17.7. The molecule has 4 N–H and O–H groups in total. The molecular weight excluding hydrogens is 1310 g/mol. The van der Waals surface area contributed by atoms with Gasteiger partial charge in [-0.25, -0.2) is 62.5 Å². The number of hydrogen-bond acceptors (Lipinski definition) is 15. The zero-order valence-corrected chi connectivity index (χ0v) is 59.2. The first-order chi connectivity index (χ1) is 45.2. The molecule has 0 unspecified atom stereocenters. The molecule has 94 heavy (non-hydrogen) atoms. The van der Waals surface area contributed by atoms with E-state index in [2.05, 4.69) is 38.5 Å². The number of nitrogens with one attached hydrogen (secondary N) is 4. The zero-order valence-electron chi connectivity index (χ0n) is 54.5. The second-order valence-electron chi connectivity index (χ2n) is 22.2. The second kappa shape index (κ2) is 33.3. The number of aromatic nitrogens is 4. The van der Waals surface area contributed by atoms with Crippen LogP contribution < -0.4 is 28.9 Å². The number of rotatable bonds is 32. The van der Waals surface area contributed by atoms with Gasteiger partial charge in [0.25, 0.3) is 0 Å². The Labute approximate surface area is 564 Å². The van der Waals surface area contributed by atoms with Gasteiger partial charge in [-0.2, -0.15) is 0 Å². The molecular formula is C68H84N12O9S4V. The first-order valence-corrected chi connectivity index (χ1v) is 38.2. The van der Waals surface area contributed by atoms with Crippen molar-refractivity contribution in [3.8, 4) is 44.5 Å². The van der Waals surface area contributed by atoms with Gasteiger partial charge < -0.3 is 29.6 Å². The summed E-state index contributed by atoms with van der Waals surface area (Å²) in [6.07, 6.45) is 7.43. The summed E-state index contributed by atoms with van der Waals surface area (Å²) in [4.78, 5) is 30.2. The van der Waals surface area contributed by atoms with Crippen molar-refractivity contribution in [2.75, 3.05) is 105 Å². The van der Waals surface area contributed by atoms with Crippen molar-refractivity contribution >= 4 is 86.5 Å². The molecule has 9 rings (SSSR count). The Hall–Kier alpha value is -6.66. The molecule has 0 aliphatic carbocycles. The summed E-state index contributed by atoms with van der Waals surface area (Å²) in [5.74, 6) is 0. The zero-order chi connectivity index (χ0) is 67.8. The topological polar surface area (TPSA) is 269 Å². The molecule has 0 radical (unpaired) electrons. The van der Waals surface area contributed by atoms with E-state index in [-0.39, 0.29) is 45.8 Å². The number of likely N-dealkylation sites (N-methyl/N-ethyl adjacent to an activating group) is 4. The van der Waals surface area contributed by atoms with E-state index >= 15 is 0 Å². The van der Waals surface area contributed by atoms with E-state index in [1.165, 1.54) is 0 Å². The van der Waals surface area contributed by atoms with Crippen LogP contribution in [0.5, 0.6) is 0 Å². The first-order valence-electron chi connectivity index (χ1n) is 31.7. The maximum absolute atomic E-state index is 13.8. The third-order valence-electron chi connectivity index (χ3n) is 16.9. The van der Waals surface area contributed by atoms with E-state index in [9.17, 15) is 33.7 Å².